The molecule has 1 atom stereocenters. The Bertz CT molecular complexity index is 331. The van der Waals surface area contributed by atoms with Crippen LogP contribution in [0.2, 0.25) is 0 Å². The van der Waals surface area contributed by atoms with Gasteiger partial charge < -0.3 is 10.3 Å². The molecule has 1 heterocycles. The standard InChI is InChI=1S/C7H13N3O3PS/c1-5(2)7-9-6(13-10-7)3-15-14(11)12-4-8/h5H,3-4,8H2,1-2H3/q+1. The van der Waals surface area contributed by atoms with Crippen molar-refractivity contribution in [1.29, 1.82) is 0 Å². The van der Waals surface area contributed by atoms with Crippen LogP contribution in [0.3, 0.4) is 0 Å². The van der Waals surface area contributed by atoms with Gasteiger partial charge in [0, 0.05) is 5.92 Å². The number of nitrogens with zero attached hydrogens (tertiary/aromatic N) is 2. The van der Waals surface area contributed by atoms with Crippen LogP contribution in [0.25, 0.3) is 0 Å². The fourth-order valence-corrected chi connectivity index (χ4v) is 2.35. The van der Waals surface area contributed by atoms with E-state index in [4.69, 9.17) is 10.3 Å². The van der Waals surface area contributed by atoms with Crippen LogP contribution < -0.4 is 5.73 Å². The molecule has 0 bridgehead atoms. The monoisotopic (exact) mass is 250 g/mol. The summed E-state index contributed by atoms with van der Waals surface area (Å²) in [6.45, 7) is 3.89. The van der Waals surface area contributed by atoms with Crippen LogP contribution in [0, 0.1) is 0 Å². The number of aromatic nitrogens is 2. The summed E-state index contributed by atoms with van der Waals surface area (Å²) in [6, 6.07) is 0. The minimum Gasteiger partial charge on any atom is -0.338 e. The highest BCUT2D eigenvalue weighted by Gasteiger charge is 2.22. The molecule has 84 valence electrons. The molecule has 1 aromatic rings. The quantitative estimate of drug-likeness (QED) is 0.609. The fraction of sp³-hybridized carbons (Fsp3) is 0.714. The second-order valence-corrected chi connectivity index (χ2v) is 5.92. The van der Waals surface area contributed by atoms with Gasteiger partial charge in [-0.3, -0.25) is 0 Å². The number of hydrogen-bond donors (Lipinski definition) is 1. The molecule has 0 aliphatic rings. The van der Waals surface area contributed by atoms with Crippen molar-refractivity contribution < 1.29 is 13.6 Å². The molecule has 15 heavy (non-hydrogen) atoms. The van der Waals surface area contributed by atoms with E-state index in [1.165, 1.54) is 0 Å². The second-order valence-electron chi connectivity index (χ2n) is 2.99. The summed E-state index contributed by atoms with van der Waals surface area (Å²) in [6.07, 6.45) is 0. The molecular formula is C7H13N3O3PS+. The van der Waals surface area contributed by atoms with E-state index in [-0.39, 0.29) is 12.6 Å². The van der Waals surface area contributed by atoms with Crippen LogP contribution in [0.5, 0.6) is 0 Å². The maximum atomic E-state index is 11.1. The zero-order chi connectivity index (χ0) is 11.3. The average molecular weight is 250 g/mol. The Morgan fingerprint density at radius 2 is 2.40 bits per heavy atom. The first kappa shape index (κ1) is 12.6. The molecule has 0 aliphatic carbocycles. The molecule has 2 N–H and O–H groups in total. The lowest BCUT2D eigenvalue weighted by Gasteiger charge is -1.91. The highest BCUT2D eigenvalue weighted by atomic mass is 32.7. The first-order valence-electron chi connectivity index (χ1n) is 4.39. The van der Waals surface area contributed by atoms with E-state index in [1.54, 1.807) is 0 Å². The van der Waals surface area contributed by atoms with Crippen molar-refractivity contribution >= 4 is 18.6 Å². The predicted molar refractivity (Wildman–Crippen MR) is 57.4 cm³/mol. The molecule has 0 saturated carbocycles. The lowest BCUT2D eigenvalue weighted by Crippen LogP contribution is -1.97. The minimum absolute atomic E-state index is 0.0523. The summed E-state index contributed by atoms with van der Waals surface area (Å²) >= 11 is 1.09. The molecule has 1 unspecified atom stereocenters. The molecule has 0 amide bonds. The zero-order valence-corrected chi connectivity index (χ0v) is 10.3. The van der Waals surface area contributed by atoms with Gasteiger partial charge in [-0.15, -0.1) is 4.52 Å². The van der Waals surface area contributed by atoms with E-state index in [9.17, 15) is 4.57 Å². The average Bonchev–Trinajstić information content (AvgIpc) is 2.63. The molecule has 0 radical (unpaired) electrons. The van der Waals surface area contributed by atoms with E-state index in [0.717, 1.165) is 11.4 Å². The summed E-state index contributed by atoms with van der Waals surface area (Å²) < 4.78 is 20.7. The minimum atomic E-state index is -1.80. The van der Waals surface area contributed by atoms with Gasteiger partial charge in [0.15, 0.2) is 23.9 Å². The van der Waals surface area contributed by atoms with Gasteiger partial charge in [0.25, 0.3) is 0 Å². The van der Waals surface area contributed by atoms with Crippen molar-refractivity contribution in [3.8, 4) is 0 Å². The molecule has 8 heteroatoms. The van der Waals surface area contributed by atoms with Gasteiger partial charge in [-0.1, -0.05) is 19.0 Å². The maximum absolute atomic E-state index is 11.1. The summed E-state index contributed by atoms with van der Waals surface area (Å²) in [5.41, 5.74) is 5.07. The van der Waals surface area contributed by atoms with Gasteiger partial charge >= 0.3 is 7.23 Å². The second kappa shape index (κ2) is 6.17. The Hall–Kier alpha value is -0.490. The third-order valence-electron chi connectivity index (χ3n) is 1.47. The van der Waals surface area contributed by atoms with Gasteiger partial charge in [-0.25, -0.2) is 0 Å². The largest absolute Gasteiger partial charge is 0.587 e. The lowest BCUT2D eigenvalue weighted by molar-refractivity contribution is 0.351. The van der Waals surface area contributed by atoms with Crippen molar-refractivity contribution in [2.24, 2.45) is 5.73 Å². The number of nitrogens with two attached hydrogens (primary N) is 1. The molecule has 0 aromatic carbocycles. The Morgan fingerprint density at radius 3 is 2.93 bits per heavy atom. The van der Waals surface area contributed by atoms with Crippen LogP contribution in [-0.4, -0.2) is 16.9 Å². The zero-order valence-electron chi connectivity index (χ0n) is 8.54. The highest BCUT2D eigenvalue weighted by molar-refractivity contribution is 8.49. The Labute approximate surface area is 92.6 Å². The Balaban J connectivity index is 2.41. The van der Waals surface area contributed by atoms with Crippen molar-refractivity contribution in [2.75, 3.05) is 6.73 Å². The Kier molecular flexibility index (Phi) is 5.17. The van der Waals surface area contributed by atoms with Crippen LogP contribution in [0.4, 0.5) is 0 Å². The van der Waals surface area contributed by atoms with Crippen LogP contribution in [-0.2, 0) is 14.8 Å². The van der Waals surface area contributed by atoms with Crippen molar-refractivity contribution in [1.82, 2.24) is 10.1 Å². The lowest BCUT2D eigenvalue weighted by atomic mass is 10.2. The number of rotatable bonds is 6. The third kappa shape index (κ3) is 4.25. The number of hydrogen-bond acceptors (Lipinski definition) is 7. The molecule has 0 aliphatic heterocycles. The summed E-state index contributed by atoms with van der Waals surface area (Å²) in [5.74, 6) is 1.70. The molecule has 1 rings (SSSR count). The van der Waals surface area contributed by atoms with E-state index in [1.807, 2.05) is 13.8 Å². The van der Waals surface area contributed by atoms with Crippen molar-refractivity contribution in [2.45, 2.75) is 25.5 Å². The third-order valence-corrected chi connectivity index (χ3v) is 3.76. The fourth-order valence-electron chi connectivity index (χ4n) is 0.767. The van der Waals surface area contributed by atoms with Gasteiger partial charge in [0.05, 0.1) is 0 Å². The van der Waals surface area contributed by atoms with Crippen LogP contribution in [0.1, 0.15) is 31.5 Å². The molecule has 0 spiro atoms. The smallest absolute Gasteiger partial charge is 0.338 e. The highest BCUT2D eigenvalue weighted by Crippen LogP contribution is 2.40. The van der Waals surface area contributed by atoms with Gasteiger partial charge in [-0.05, 0) is 4.57 Å². The van der Waals surface area contributed by atoms with Crippen molar-refractivity contribution in [3.63, 3.8) is 0 Å². The molecule has 0 saturated heterocycles. The predicted octanol–water partition coefficient (Wildman–Crippen LogP) is 2.02. The Morgan fingerprint density at radius 1 is 1.67 bits per heavy atom. The first-order chi connectivity index (χ1) is 7.13. The van der Waals surface area contributed by atoms with Crippen LogP contribution >= 0.6 is 18.6 Å². The van der Waals surface area contributed by atoms with E-state index in [0.29, 0.717) is 17.5 Å². The molecule has 6 nitrogen and oxygen atoms in total. The summed E-state index contributed by atoms with van der Waals surface area (Å²) in [7, 11) is -1.80. The summed E-state index contributed by atoms with van der Waals surface area (Å²) in [4.78, 5) is 4.13. The van der Waals surface area contributed by atoms with Gasteiger partial charge in [0.1, 0.15) is 5.75 Å². The first-order valence-corrected chi connectivity index (χ1v) is 7.16. The normalized spacial score (nSPS) is 12.1. The van der Waals surface area contributed by atoms with Gasteiger partial charge in [-0.2, -0.15) is 4.98 Å². The van der Waals surface area contributed by atoms with E-state index in [2.05, 4.69) is 14.7 Å². The van der Waals surface area contributed by atoms with E-state index < -0.39 is 7.23 Å². The molecule has 0 fully saturated rings. The van der Waals surface area contributed by atoms with E-state index >= 15 is 0 Å². The van der Waals surface area contributed by atoms with Crippen LogP contribution in [0.15, 0.2) is 4.52 Å². The molecule has 1 aromatic heterocycles. The van der Waals surface area contributed by atoms with Gasteiger partial charge in [0.2, 0.25) is 5.89 Å². The maximum Gasteiger partial charge on any atom is 0.587 e. The summed E-state index contributed by atoms with van der Waals surface area (Å²) in [5, 5.41) is 3.78. The SMILES string of the molecule is CC(C)c1noc(CS[P+](=O)OCN)n1. The molecular weight excluding hydrogens is 237 g/mol. The van der Waals surface area contributed by atoms with Crippen molar-refractivity contribution in [3.05, 3.63) is 11.7 Å². The topological polar surface area (TPSA) is 91.2 Å².